The van der Waals surface area contributed by atoms with Gasteiger partial charge in [-0.3, -0.25) is 4.79 Å². The first-order valence-corrected chi connectivity index (χ1v) is 5.43. The van der Waals surface area contributed by atoms with Gasteiger partial charge in [-0.1, -0.05) is 0 Å². The Morgan fingerprint density at radius 2 is 2.18 bits per heavy atom. The zero-order valence-corrected chi connectivity index (χ0v) is 9.45. The van der Waals surface area contributed by atoms with E-state index in [0.29, 0.717) is 0 Å². The monoisotopic (exact) mass is 260 g/mol. The molecule has 0 unspecified atom stereocenters. The Labute approximate surface area is 98.3 Å². The summed E-state index contributed by atoms with van der Waals surface area (Å²) in [5, 5.41) is 2.32. The number of aromatic nitrogens is 1. The molecule has 0 aliphatic rings. The smallest absolute Gasteiger partial charge is 0.354 e. The summed E-state index contributed by atoms with van der Waals surface area (Å²) in [5.41, 5.74) is -0.770. The van der Waals surface area contributed by atoms with Gasteiger partial charge in [0.1, 0.15) is 4.83 Å². The van der Waals surface area contributed by atoms with Crippen LogP contribution in [0.4, 0.5) is 13.2 Å². The van der Waals surface area contributed by atoms with Crippen LogP contribution in [0.2, 0.25) is 0 Å². The lowest BCUT2D eigenvalue weighted by atomic mass is 10.2. The van der Waals surface area contributed by atoms with E-state index in [2.05, 4.69) is 10.3 Å². The molecule has 0 spiro atoms. The molecular formula is C10H7F3N2OS. The summed E-state index contributed by atoms with van der Waals surface area (Å²) < 4.78 is 38.1. The highest BCUT2D eigenvalue weighted by Gasteiger charge is 2.33. The highest BCUT2D eigenvalue weighted by Crippen LogP contribution is 2.36. The van der Waals surface area contributed by atoms with Gasteiger partial charge < -0.3 is 5.32 Å². The normalized spacial score (nSPS) is 11.8. The van der Waals surface area contributed by atoms with E-state index in [9.17, 15) is 18.0 Å². The molecule has 0 saturated carbocycles. The molecule has 0 aliphatic heterocycles. The predicted molar refractivity (Wildman–Crippen MR) is 58.0 cm³/mol. The van der Waals surface area contributed by atoms with E-state index in [1.807, 2.05) is 0 Å². The molecule has 0 aromatic carbocycles. The molecule has 2 aromatic rings. The van der Waals surface area contributed by atoms with E-state index in [4.69, 9.17) is 0 Å². The first-order valence-electron chi connectivity index (χ1n) is 4.61. The fourth-order valence-corrected chi connectivity index (χ4v) is 2.39. The number of hydrogen-bond donors (Lipinski definition) is 1. The highest BCUT2D eigenvalue weighted by molar-refractivity contribution is 7.20. The number of fused-ring (bicyclic) bond motifs is 1. The van der Waals surface area contributed by atoms with Crippen molar-refractivity contribution in [1.29, 1.82) is 0 Å². The maximum Gasteiger partial charge on any atom is 0.417 e. The number of halogens is 3. The molecule has 0 saturated heterocycles. The molecule has 2 heterocycles. The lowest BCUT2D eigenvalue weighted by molar-refractivity contribution is -0.136. The molecule has 3 nitrogen and oxygen atoms in total. The molecule has 7 heteroatoms. The van der Waals surface area contributed by atoms with Crippen molar-refractivity contribution < 1.29 is 18.0 Å². The fraction of sp³-hybridized carbons (Fsp3) is 0.200. The predicted octanol–water partition coefficient (Wildman–Crippen LogP) is 2.67. The molecule has 1 N–H and O–H groups in total. The average Bonchev–Trinajstić information content (AvgIpc) is 2.69. The molecule has 2 aromatic heterocycles. The second-order valence-electron chi connectivity index (χ2n) is 3.26. The zero-order chi connectivity index (χ0) is 12.6. The maximum atomic E-state index is 12.7. The Morgan fingerprint density at radius 3 is 2.76 bits per heavy atom. The minimum absolute atomic E-state index is 0.0383. The summed E-state index contributed by atoms with van der Waals surface area (Å²) in [5.74, 6) is -0.416. The number of rotatable bonds is 1. The summed E-state index contributed by atoms with van der Waals surface area (Å²) in [4.78, 5) is 15.6. The Morgan fingerprint density at radius 1 is 1.47 bits per heavy atom. The maximum absolute atomic E-state index is 12.7. The fourth-order valence-electron chi connectivity index (χ4n) is 1.42. The van der Waals surface area contributed by atoms with Crippen molar-refractivity contribution in [3.05, 3.63) is 28.8 Å². The standard InChI is InChI=1S/C10H7F3N2OS/c1-14-8(16)7-4-5-6(10(11,12)13)2-3-15-9(5)17-7/h2-4H,1H3,(H,14,16). The van der Waals surface area contributed by atoms with Crippen LogP contribution < -0.4 is 5.32 Å². The van der Waals surface area contributed by atoms with Crippen molar-refractivity contribution in [2.24, 2.45) is 0 Å². The summed E-state index contributed by atoms with van der Waals surface area (Å²) >= 11 is 0.937. The largest absolute Gasteiger partial charge is 0.417 e. The Balaban J connectivity index is 2.65. The van der Waals surface area contributed by atoms with Crippen molar-refractivity contribution in [1.82, 2.24) is 10.3 Å². The molecule has 1 amide bonds. The van der Waals surface area contributed by atoms with Crippen LogP contribution in [0.1, 0.15) is 15.2 Å². The number of alkyl halides is 3. The highest BCUT2D eigenvalue weighted by atomic mass is 32.1. The number of nitrogens with zero attached hydrogens (tertiary/aromatic N) is 1. The van der Waals surface area contributed by atoms with Crippen LogP contribution in [0.15, 0.2) is 18.3 Å². The lowest BCUT2D eigenvalue weighted by Gasteiger charge is -2.06. The third kappa shape index (κ3) is 2.10. The first kappa shape index (κ1) is 11.8. The number of amides is 1. The van der Waals surface area contributed by atoms with Crippen LogP contribution in [0.25, 0.3) is 10.2 Å². The van der Waals surface area contributed by atoms with Gasteiger partial charge >= 0.3 is 6.18 Å². The van der Waals surface area contributed by atoms with E-state index < -0.39 is 17.6 Å². The van der Waals surface area contributed by atoms with Gasteiger partial charge in [0, 0.05) is 18.6 Å². The molecule has 0 atom stereocenters. The van der Waals surface area contributed by atoms with E-state index in [0.717, 1.165) is 23.6 Å². The van der Waals surface area contributed by atoms with Crippen LogP contribution >= 0.6 is 11.3 Å². The van der Waals surface area contributed by atoms with E-state index in [1.54, 1.807) is 0 Å². The van der Waals surface area contributed by atoms with E-state index in [-0.39, 0.29) is 15.1 Å². The zero-order valence-electron chi connectivity index (χ0n) is 8.63. The summed E-state index contributed by atoms with van der Waals surface area (Å²) in [6, 6.07) is 2.12. The quantitative estimate of drug-likeness (QED) is 0.856. The molecule has 0 fully saturated rings. The summed E-state index contributed by atoms with van der Waals surface area (Å²) in [7, 11) is 1.42. The average molecular weight is 260 g/mol. The van der Waals surface area contributed by atoms with Crippen molar-refractivity contribution in [2.45, 2.75) is 6.18 Å². The van der Waals surface area contributed by atoms with Crippen LogP contribution in [0.3, 0.4) is 0 Å². The number of hydrogen-bond acceptors (Lipinski definition) is 3. The number of nitrogens with one attached hydrogen (secondary N) is 1. The second-order valence-corrected chi connectivity index (χ2v) is 4.30. The second kappa shape index (κ2) is 3.99. The topological polar surface area (TPSA) is 42.0 Å². The van der Waals surface area contributed by atoms with E-state index in [1.165, 1.54) is 13.1 Å². The summed E-state index contributed by atoms with van der Waals surface area (Å²) in [6.07, 6.45) is -3.35. The van der Waals surface area contributed by atoms with Crippen molar-refractivity contribution >= 4 is 27.5 Å². The van der Waals surface area contributed by atoms with Gasteiger partial charge in [0.15, 0.2) is 0 Å². The lowest BCUT2D eigenvalue weighted by Crippen LogP contribution is -2.16. The molecule has 90 valence electrons. The van der Waals surface area contributed by atoms with Crippen molar-refractivity contribution in [3.8, 4) is 0 Å². The SMILES string of the molecule is CNC(=O)c1cc2c(C(F)(F)F)ccnc2s1. The number of carbonyl (C=O) groups is 1. The van der Waals surface area contributed by atoms with Gasteiger partial charge in [-0.25, -0.2) is 4.98 Å². The molecule has 17 heavy (non-hydrogen) atoms. The van der Waals surface area contributed by atoms with Gasteiger partial charge in [0.05, 0.1) is 10.4 Å². The van der Waals surface area contributed by atoms with Gasteiger partial charge in [0.25, 0.3) is 5.91 Å². The summed E-state index contributed by atoms with van der Waals surface area (Å²) in [6.45, 7) is 0. The van der Waals surface area contributed by atoms with Crippen LogP contribution in [-0.2, 0) is 6.18 Å². The Kier molecular flexibility index (Phi) is 2.78. The molecule has 0 radical (unpaired) electrons. The molecule has 2 rings (SSSR count). The Bertz CT molecular complexity index is 576. The number of carbonyl (C=O) groups excluding carboxylic acids is 1. The third-order valence-corrected chi connectivity index (χ3v) is 3.23. The minimum atomic E-state index is -4.44. The van der Waals surface area contributed by atoms with Crippen LogP contribution in [-0.4, -0.2) is 17.9 Å². The van der Waals surface area contributed by atoms with E-state index >= 15 is 0 Å². The molecule has 0 aliphatic carbocycles. The first-order chi connectivity index (χ1) is 7.93. The van der Waals surface area contributed by atoms with Crippen molar-refractivity contribution in [2.75, 3.05) is 7.05 Å². The van der Waals surface area contributed by atoms with Crippen molar-refractivity contribution in [3.63, 3.8) is 0 Å². The van der Waals surface area contributed by atoms with Gasteiger partial charge in [-0.2, -0.15) is 13.2 Å². The number of pyridine rings is 1. The number of thiophene rings is 1. The van der Waals surface area contributed by atoms with Crippen LogP contribution in [0.5, 0.6) is 0 Å². The molecule has 0 bridgehead atoms. The van der Waals surface area contributed by atoms with Gasteiger partial charge in [0.2, 0.25) is 0 Å². The van der Waals surface area contributed by atoms with Gasteiger partial charge in [-0.05, 0) is 12.1 Å². The molecular weight excluding hydrogens is 253 g/mol. The van der Waals surface area contributed by atoms with Crippen LogP contribution in [0, 0.1) is 0 Å². The van der Waals surface area contributed by atoms with Gasteiger partial charge in [-0.15, -0.1) is 11.3 Å². The Hall–Kier alpha value is -1.63. The minimum Gasteiger partial charge on any atom is -0.354 e. The third-order valence-electron chi connectivity index (χ3n) is 2.19.